The Morgan fingerprint density at radius 2 is 1.59 bits per heavy atom. The Labute approximate surface area is 108 Å². The molecule has 2 rings (SSSR count). The van der Waals surface area contributed by atoms with Crippen LogP contribution in [0.15, 0.2) is 0 Å². The molecule has 0 aromatic heterocycles. The maximum absolute atomic E-state index is 3.97. The summed E-state index contributed by atoms with van der Waals surface area (Å²) in [5.74, 6) is 2.70. The molecule has 5 unspecified atom stereocenters. The lowest BCUT2D eigenvalue weighted by Crippen LogP contribution is -2.43. The van der Waals surface area contributed by atoms with Crippen LogP contribution >= 0.6 is 0 Å². The van der Waals surface area contributed by atoms with Gasteiger partial charge in [-0.15, -0.1) is 0 Å². The third kappa shape index (κ3) is 3.24. The minimum Gasteiger partial charge on any atom is -0.311 e. The number of hydrogen-bond acceptors (Lipinski definition) is 1. The molecule has 0 aromatic carbocycles. The lowest BCUT2D eigenvalue weighted by molar-refractivity contribution is 0.206. The maximum atomic E-state index is 3.97. The van der Waals surface area contributed by atoms with Crippen molar-refractivity contribution < 1.29 is 0 Å². The van der Waals surface area contributed by atoms with Gasteiger partial charge in [-0.25, -0.2) is 0 Å². The Morgan fingerprint density at radius 1 is 0.882 bits per heavy atom. The lowest BCUT2D eigenvalue weighted by Gasteiger charge is -2.35. The van der Waals surface area contributed by atoms with Gasteiger partial charge in [-0.1, -0.05) is 34.6 Å². The van der Waals surface area contributed by atoms with Crippen molar-refractivity contribution in [3.8, 4) is 0 Å². The minimum absolute atomic E-state index is 0.560. The molecule has 0 aliphatic heterocycles. The maximum Gasteiger partial charge on any atom is 0.0101 e. The van der Waals surface area contributed by atoms with E-state index in [-0.39, 0.29) is 0 Å². The molecule has 0 heterocycles. The highest BCUT2D eigenvalue weighted by molar-refractivity contribution is 4.93. The fourth-order valence-electron chi connectivity index (χ4n) is 4.12. The highest BCUT2D eigenvalue weighted by Crippen LogP contribution is 2.41. The molecule has 0 saturated heterocycles. The SMILES string of the molecule is CC1CCC(NC2CC(C)(C)CC2C)CC1C. The molecule has 2 fully saturated rings. The highest BCUT2D eigenvalue weighted by atomic mass is 15.0. The molecule has 1 N–H and O–H groups in total. The van der Waals surface area contributed by atoms with Crippen LogP contribution in [0.1, 0.15) is 66.7 Å². The average Bonchev–Trinajstić information content (AvgIpc) is 2.46. The predicted octanol–water partition coefficient (Wildman–Crippen LogP) is 4.23. The van der Waals surface area contributed by atoms with E-state index < -0.39 is 0 Å². The van der Waals surface area contributed by atoms with Crippen LogP contribution in [-0.2, 0) is 0 Å². The first-order chi connectivity index (χ1) is 7.87. The van der Waals surface area contributed by atoms with Crippen LogP contribution in [-0.4, -0.2) is 12.1 Å². The van der Waals surface area contributed by atoms with Crippen molar-refractivity contribution in [3.05, 3.63) is 0 Å². The van der Waals surface area contributed by atoms with Crippen LogP contribution in [0, 0.1) is 23.2 Å². The van der Waals surface area contributed by atoms with E-state index in [1.165, 1.54) is 32.1 Å². The van der Waals surface area contributed by atoms with Gasteiger partial charge in [-0.2, -0.15) is 0 Å². The lowest BCUT2D eigenvalue weighted by atomic mass is 9.79. The van der Waals surface area contributed by atoms with Crippen molar-refractivity contribution in [1.29, 1.82) is 0 Å². The monoisotopic (exact) mass is 237 g/mol. The topological polar surface area (TPSA) is 12.0 Å². The van der Waals surface area contributed by atoms with Gasteiger partial charge in [-0.3, -0.25) is 0 Å². The summed E-state index contributed by atoms with van der Waals surface area (Å²) in [5, 5.41) is 3.97. The number of nitrogens with one attached hydrogen (secondary N) is 1. The van der Waals surface area contributed by atoms with Gasteiger partial charge in [0.05, 0.1) is 0 Å². The minimum atomic E-state index is 0.560. The Bertz CT molecular complexity index is 258. The Kier molecular flexibility index (Phi) is 3.87. The zero-order valence-corrected chi connectivity index (χ0v) is 12.4. The molecule has 17 heavy (non-hydrogen) atoms. The van der Waals surface area contributed by atoms with Crippen LogP contribution in [0.5, 0.6) is 0 Å². The molecule has 0 amide bonds. The summed E-state index contributed by atoms with van der Waals surface area (Å²) in [6.45, 7) is 12.1. The summed E-state index contributed by atoms with van der Waals surface area (Å²) in [5.41, 5.74) is 0.560. The summed E-state index contributed by atoms with van der Waals surface area (Å²) in [6.07, 6.45) is 6.97. The second-order valence-corrected chi connectivity index (χ2v) is 7.79. The molecule has 1 heteroatoms. The summed E-state index contributed by atoms with van der Waals surface area (Å²) < 4.78 is 0. The van der Waals surface area contributed by atoms with E-state index in [1.807, 2.05) is 0 Å². The van der Waals surface area contributed by atoms with Crippen LogP contribution in [0.25, 0.3) is 0 Å². The standard InChI is InChI=1S/C16H31N/c1-11-6-7-14(8-12(11)2)17-15-10-16(4,5)9-13(15)3/h11-15,17H,6-10H2,1-5H3. The van der Waals surface area contributed by atoms with E-state index >= 15 is 0 Å². The van der Waals surface area contributed by atoms with Crippen molar-refractivity contribution in [3.63, 3.8) is 0 Å². The van der Waals surface area contributed by atoms with Gasteiger partial charge in [0.15, 0.2) is 0 Å². The molecule has 1 nitrogen and oxygen atoms in total. The smallest absolute Gasteiger partial charge is 0.0101 e. The summed E-state index contributed by atoms with van der Waals surface area (Å²) >= 11 is 0. The largest absolute Gasteiger partial charge is 0.311 e. The van der Waals surface area contributed by atoms with E-state index in [2.05, 4.69) is 39.9 Å². The third-order valence-electron chi connectivity index (χ3n) is 5.38. The molecule has 0 radical (unpaired) electrons. The molecule has 0 aromatic rings. The summed E-state index contributed by atoms with van der Waals surface area (Å²) in [4.78, 5) is 0. The zero-order chi connectivity index (χ0) is 12.6. The van der Waals surface area contributed by atoms with E-state index in [9.17, 15) is 0 Å². The molecule has 5 atom stereocenters. The Hall–Kier alpha value is -0.0400. The second kappa shape index (κ2) is 4.91. The van der Waals surface area contributed by atoms with Crippen molar-refractivity contribution in [1.82, 2.24) is 5.32 Å². The second-order valence-electron chi connectivity index (χ2n) is 7.79. The number of hydrogen-bond donors (Lipinski definition) is 1. The third-order valence-corrected chi connectivity index (χ3v) is 5.38. The molecule has 2 aliphatic carbocycles. The van der Waals surface area contributed by atoms with Crippen molar-refractivity contribution in [2.75, 3.05) is 0 Å². The predicted molar refractivity (Wildman–Crippen MR) is 75.1 cm³/mol. The molecular formula is C16H31N. The first-order valence-electron chi connectivity index (χ1n) is 7.63. The summed E-state index contributed by atoms with van der Waals surface area (Å²) in [7, 11) is 0. The van der Waals surface area contributed by atoms with Gasteiger partial charge < -0.3 is 5.32 Å². The molecule has 100 valence electrons. The molecule has 2 aliphatic rings. The Morgan fingerprint density at radius 3 is 2.12 bits per heavy atom. The zero-order valence-electron chi connectivity index (χ0n) is 12.4. The van der Waals surface area contributed by atoms with E-state index in [0.29, 0.717) is 5.41 Å². The van der Waals surface area contributed by atoms with Crippen LogP contribution < -0.4 is 5.32 Å². The van der Waals surface area contributed by atoms with Crippen molar-refractivity contribution in [2.45, 2.75) is 78.8 Å². The van der Waals surface area contributed by atoms with Gasteiger partial charge in [0.1, 0.15) is 0 Å². The van der Waals surface area contributed by atoms with Crippen LogP contribution in [0.3, 0.4) is 0 Å². The van der Waals surface area contributed by atoms with E-state index in [0.717, 1.165) is 29.8 Å². The molecular weight excluding hydrogens is 206 g/mol. The highest BCUT2D eigenvalue weighted by Gasteiger charge is 2.38. The quantitative estimate of drug-likeness (QED) is 0.758. The fraction of sp³-hybridized carbons (Fsp3) is 1.00. The Balaban J connectivity index is 1.85. The number of rotatable bonds is 2. The van der Waals surface area contributed by atoms with Crippen LogP contribution in [0.4, 0.5) is 0 Å². The van der Waals surface area contributed by atoms with Gasteiger partial charge in [-0.05, 0) is 55.3 Å². The fourth-order valence-corrected chi connectivity index (χ4v) is 4.12. The van der Waals surface area contributed by atoms with Crippen LogP contribution in [0.2, 0.25) is 0 Å². The first-order valence-corrected chi connectivity index (χ1v) is 7.63. The summed E-state index contributed by atoms with van der Waals surface area (Å²) in [6, 6.07) is 1.57. The van der Waals surface area contributed by atoms with Crippen molar-refractivity contribution >= 4 is 0 Å². The normalized spacial score (nSPS) is 46.1. The van der Waals surface area contributed by atoms with E-state index in [1.54, 1.807) is 0 Å². The average molecular weight is 237 g/mol. The van der Waals surface area contributed by atoms with Crippen molar-refractivity contribution in [2.24, 2.45) is 23.2 Å². The van der Waals surface area contributed by atoms with E-state index in [4.69, 9.17) is 0 Å². The van der Waals surface area contributed by atoms with Gasteiger partial charge >= 0.3 is 0 Å². The molecule has 0 bridgehead atoms. The van der Waals surface area contributed by atoms with Gasteiger partial charge in [0.2, 0.25) is 0 Å². The van der Waals surface area contributed by atoms with Gasteiger partial charge in [0.25, 0.3) is 0 Å². The van der Waals surface area contributed by atoms with Gasteiger partial charge in [0, 0.05) is 12.1 Å². The first kappa shape index (κ1) is 13.4. The molecule has 0 spiro atoms. The molecule has 2 saturated carbocycles.